The zero-order chi connectivity index (χ0) is 16.1. The van der Waals surface area contributed by atoms with Crippen molar-refractivity contribution in [3.05, 3.63) is 35.1 Å². The predicted octanol–water partition coefficient (Wildman–Crippen LogP) is 1.40. The van der Waals surface area contributed by atoms with Gasteiger partial charge in [0, 0.05) is 20.2 Å². The molecule has 0 spiro atoms. The van der Waals surface area contributed by atoms with Crippen molar-refractivity contribution >= 4 is 11.9 Å². The quantitative estimate of drug-likeness (QED) is 0.804. The lowest BCUT2D eigenvalue weighted by Crippen LogP contribution is -2.31. The third-order valence-corrected chi connectivity index (χ3v) is 3.52. The Balaban J connectivity index is 1.99. The minimum atomic E-state index is -1.23. The summed E-state index contributed by atoms with van der Waals surface area (Å²) in [6.45, 7) is 1.81. The van der Waals surface area contributed by atoms with Crippen LogP contribution in [0.4, 0.5) is 4.39 Å². The first-order valence-corrected chi connectivity index (χ1v) is 6.95. The summed E-state index contributed by atoms with van der Waals surface area (Å²) < 4.78 is 24.3. The second-order valence-corrected chi connectivity index (χ2v) is 5.03. The lowest BCUT2D eigenvalue weighted by Gasteiger charge is -2.17. The van der Waals surface area contributed by atoms with Gasteiger partial charge in [0.05, 0.1) is 30.4 Å². The standard InChI is InChI=1S/C15H18FNO5/c1-21-6-7-22-11-4-5-17(9-11)14(18)12-3-2-10(15(19)20)8-13(12)16/h2-3,8,11H,4-7,9H2,1H3,(H,19,20). The van der Waals surface area contributed by atoms with Crippen LogP contribution in [0.15, 0.2) is 18.2 Å². The van der Waals surface area contributed by atoms with Crippen LogP contribution in [0.25, 0.3) is 0 Å². The number of methoxy groups -OCH3 is 1. The molecule has 22 heavy (non-hydrogen) atoms. The molecule has 1 heterocycles. The first-order chi connectivity index (χ1) is 10.5. The van der Waals surface area contributed by atoms with Crippen LogP contribution in [-0.4, -0.2) is 61.4 Å². The first kappa shape index (κ1) is 16.4. The summed E-state index contributed by atoms with van der Waals surface area (Å²) in [7, 11) is 1.58. The zero-order valence-electron chi connectivity index (χ0n) is 12.3. The van der Waals surface area contributed by atoms with E-state index in [-0.39, 0.29) is 17.2 Å². The Hall–Kier alpha value is -1.99. The van der Waals surface area contributed by atoms with Crippen molar-refractivity contribution in [2.45, 2.75) is 12.5 Å². The minimum Gasteiger partial charge on any atom is -0.478 e. The molecule has 0 saturated carbocycles. The monoisotopic (exact) mass is 311 g/mol. The van der Waals surface area contributed by atoms with Crippen molar-refractivity contribution in [2.75, 3.05) is 33.4 Å². The molecule has 120 valence electrons. The molecule has 7 heteroatoms. The molecule has 0 bridgehead atoms. The van der Waals surface area contributed by atoms with E-state index in [9.17, 15) is 14.0 Å². The van der Waals surface area contributed by atoms with E-state index in [1.807, 2.05) is 0 Å². The fourth-order valence-corrected chi connectivity index (χ4v) is 2.34. The molecule has 1 fully saturated rings. The number of carboxylic acids is 1. The minimum absolute atomic E-state index is 0.0829. The van der Waals surface area contributed by atoms with Gasteiger partial charge in [0.1, 0.15) is 5.82 Å². The second-order valence-electron chi connectivity index (χ2n) is 5.03. The van der Waals surface area contributed by atoms with Gasteiger partial charge in [0.25, 0.3) is 5.91 Å². The first-order valence-electron chi connectivity index (χ1n) is 6.95. The molecule has 6 nitrogen and oxygen atoms in total. The zero-order valence-corrected chi connectivity index (χ0v) is 12.3. The fraction of sp³-hybridized carbons (Fsp3) is 0.467. The number of hydrogen-bond acceptors (Lipinski definition) is 4. The maximum absolute atomic E-state index is 13.9. The number of hydrogen-bond donors (Lipinski definition) is 1. The van der Waals surface area contributed by atoms with Crippen molar-refractivity contribution in [2.24, 2.45) is 0 Å². The van der Waals surface area contributed by atoms with Crippen LogP contribution in [0, 0.1) is 5.82 Å². The number of carbonyl (C=O) groups is 2. The third-order valence-electron chi connectivity index (χ3n) is 3.52. The molecule has 1 unspecified atom stereocenters. The van der Waals surface area contributed by atoms with Crippen LogP contribution >= 0.6 is 0 Å². The number of carbonyl (C=O) groups excluding carboxylic acids is 1. The van der Waals surface area contributed by atoms with Crippen molar-refractivity contribution in [3.63, 3.8) is 0 Å². The van der Waals surface area contributed by atoms with Crippen molar-refractivity contribution in [3.8, 4) is 0 Å². The van der Waals surface area contributed by atoms with Crippen LogP contribution in [0.1, 0.15) is 27.1 Å². The van der Waals surface area contributed by atoms with Crippen LogP contribution in [0.2, 0.25) is 0 Å². The molecule has 2 rings (SSSR count). The number of ether oxygens (including phenoxy) is 2. The Kier molecular flexibility index (Phi) is 5.46. The number of benzene rings is 1. The molecule has 1 saturated heterocycles. The molecule has 1 aliphatic heterocycles. The molecule has 1 aliphatic rings. The highest BCUT2D eigenvalue weighted by molar-refractivity contribution is 5.96. The Labute approximate surface area is 127 Å². The van der Waals surface area contributed by atoms with Crippen molar-refractivity contribution in [1.29, 1.82) is 0 Å². The smallest absolute Gasteiger partial charge is 0.335 e. The number of nitrogens with zero attached hydrogens (tertiary/aromatic N) is 1. The summed E-state index contributed by atoms with van der Waals surface area (Å²) in [5.74, 6) is -2.51. The van der Waals surface area contributed by atoms with Crippen molar-refractivity contribution in [1.82, 2.24) is 4.90 Å². The van der Waals surface area contributed by atoms with Crippen LogP contribution in [0.5, 0.6) is 0 Å². The van der Waals surface area contributed by atoms with Gasteiger partial charge in [-0.3, -0.25) is 4.79 Å². The maximum Gasteiger partial charge on any atom is 0.335 e. The highest BCUT2D eigenvalue weighted by Crippen LogP contribution is 2.18. The fourth-order valence-electron chi connectivity index (χ4n) is 2.34. The molecular weight excluding hydrogens is 293 g/mol. The molecule has 0 aromatic heterocycles. The molecular formula is C15H18FNO5. The van der Waals surface area contributed by atoms with Gasteiger partial charge < -0.3 is 19.5 Å². The Morgan fingerprint density at radius 3 is 2.82 bits per heavy atom. The predicted molar refractivity (Wildman–Crippen MR) is 75.5 cm³/mol. The summed E-state index contributed by atoms with van der Waals surface area (Å²) >= 11 is 0. The molecule has 1 N–H and O–H groups in total. The highest BCUT2D eigenvalue weighted by atomic mass is 19.1. The summed E-state index contributed by atoms with van der Waals surface area (Å²) in [5, 5.41) is 8.80. The van der Waals surface area contributed by atoms with Gasteiger partial charge in [-0.1, -0.05) is 0 Å². The topological polar surface area (TPSA) is 76.1 Å². The molecule has 0 aliphatic carbocycles. The Bertz CT molecular complexity index is 563. The number of carboxylic acid groups (broad SMARTS) is 1. The van der Waals surface area contributed by atoms with Crippen molar-refractivity contribution < 1.29 is 28.6 Å². The summed E-state index contributed by atoms with van der Waals surface area (Å²) in [6.07, 6.45) is 0.602. The average molecular weight is 311 g/mol. The van der Waals surface area contributed by atoms with Crippen LogP contribution in [-0.2, 0) is 9.47 Å². The van der Waals surface area contributed by atoms with Gasteiger partial charge in [0.2, 0.25) is 0 Å². The van der Waals surface area contributed by atoms with E-state index >= 15 is 0 Å². The van der Waals surface area contributed by atoms with Gasteiger partial charge >= 0.3 is 5.97 Å². The van der Waals surface area contributed by atoms with Gasteiger partial charge in [-0.05, 0) is 24.6 Å². The van der Waals surface area contributed by atoms with E-state index in [4.69, 9.17) is 14.6 Å². The molecule has 0 radical (unpaired) electrons. The number of rotatable bonds is 6. The van der Waals surface area contributed by atoms with Crippen LogP contribution in [0.3, 0.4) is 0 Å². The lowest BCUT2D eigenvalue weighted by atomic mass is 10.1. The van der Waals surface area contributed by atoms with E-state index < -0.39 is 17.7 Å². The maximum atomic E-state index is 13.9. The van der Waals surface area contributed by atoms with Gasteiger partial charge in [-0.15, -0.1) is 0 Å². The van der Waals surface area contributed by atoms with E-state index in [1.54, 1.807) is 7.11 Å². The summed E-state index contributed by atoms with van der Waals surface area (Å²) in [6, 6.07) is 3.29. The van der Waals surface area contributed by atoms with E-state index in [0.29, 0.717) is 32.7 Å². The molecule has 1 aromatic carbocycles. The highest BCUT2D eigenvalue weighted by Gasteiger charge is 2.29. The van der Waals surface area contributed by atoms with E-state index in [1.165, 1.54) is 17.0 Å². The van der Waals surface area contributed by atoms with E-state index in [0.717, 1.165) is 6.07 Å². The summed E-state index contributed by atoms with van der Waals surface area (Å²) in [4.78, 5) is 24.6. The third kappa shape index (κ3) is 3.80. The Morgan fingerprint density at radius 1 is 1.41 bits per heavy atom. The molecule has 1 amide bonds. The van der Waals surface area contributed by atoms with Gasteiger partial charge in [-0.2, -0.15) is 0 Å². The van der Waals surface area contributed by atoms with Crippen LogP contribution < -0.4 is 0 Å². The number of halogens is 1. The summed E-state index contributed by atoms with van der Waals surface area (Å²) in [5.41, 5.74) is -0.307. The van der Waals surface area contributed by atoms with Gasteiger partial charge in [-0.25, -0.2) is 9.18 Å². The number of amides is 1. The SMILES string of the molecule is COCCOC1CCN(C(=O)c2ccc(C(=O)O)cc2F)C1. The average Bonchev–Trinajstić information content (AvgIpc) is 2.95. The molecule has 1 aromatic rings. The van der Waals surface area contributed by atoms with E-state index in [2.05, 4.69) is 0 Å². The molecule has 1 atom stereocenters. The normalized spacial score (nSPS) is 17.7. The number of likely N-dealkylation sites (tertiary alicyclic amines) is 1. The largest absolute Gasteiger partial charge is 0.478 e. The van der Waals surface area contributed by atoms with Gasteiger partial charge in [0.15, 0.2) is 0 Å². The Morgan fingerprint density at radius 2 is 2.18 bits per heavy atom. The lowest BCUT2D eigenvalue weighted by molar-refractivity contribution is 0.0218. The number of aromatic carboxylic acids is 1. The second kappa shape index (κ2) is 7.33.